The molecule has 0 heterocycles. The fraction of sp³-hybridized carbons (Fsp3) is 0.500. The van der Waals surface area contributed by atoms with Crippen LogP contribution < -0.4 is 15.4 Å². The number of hydrogen-bond acceptors (Lipinski definition) is 3. The van der Waals surface area contributed by atoms with Gasteiger partial charge in [0, 0.05) is 24.0 Å². The molecule has 0 aromatic heterocycles. The number of carbonyl (C=O) groups is 1. The maximum Gasteiger partial charge on any atom is 0.224 e. The number of amides is 1. The highest BCUT2D eigenvalue weighted by Gasteiger charge is 2.10. The Balaban J connectivity index is 0.00000400. The van der Waals surface area contributed by atoms with Crippen LogP contribution in [0.2, 0.25) is 10.0 Å². The highest BCUT2D eigenvalue weighted by Crippen LogP contribution is 2.27. The van der Waals surface area contributed by atoms with Crippen LogP contribution in [-0.2, 0) is 4.79 Å². The van der Waals surface area contributed by atoms with E-state index in [1.165, 1.54) is 0 Å². The van der Waals surface area contributed by atoms with Crippen molar-refractivity contribution in [2.75, 3.05) is 26.7 Å². The van der Waals surface area contributed by atoms with E-state index in [2.05, 4.69) is 10.6 Å². The molecule has 0 saturated carbocycles. The molecule has 0 aliphatic rings. The third-order valence-electron chi connectivity index (χ3n) is 2.73. The third-order valence-corrected chi connectivity index (χ3v) is 3.26. The minimum atomic E-state index is -0.0355. The van der Waals surface area contributed by atoms with Gasteiger partial charge in [-0.3, -0.25) is 4.79 Å². The lowest BCUT2D eigenvalue weighted by Gasteiger charge is -2.12. The van der Waals surface area contributed by atoms with Crippen LogP contribution in [0.3, 0.4) is 0 Å². The number of rotatable bonds is 8. The van der Waals surface area contributed by atoms with Gasteiger partial charge in [-0.15, -0.1) is 12.4 Å². The van der Waals surface area contributed by atoms with Crippen molar-refractivity contribution in [3.05, 3.63) is 28.2 Å². The number of carbonyl (C=O) groups excluding carboxylic acids is 1. The van der Waals surface area contributed by atoms with Crippen molar-refractivity contribution >= 4 is 41.5 Å². The second-order valence-electron chi connectivity index (χ2n) is 4.53. The van der Waals surface area contributed by atoms with Gasteiger partial charge in [-0.2, -0.15) is 0 Å². The standard InChI is InChI=1S/C14H20Cl2N2O2.ClH/c1-10(9-17-2)14(19)18-6-3-7-20-13-5-4-11(15)8-12(13)16;/h4-5,8,10,17H,3,6-7,9H2,1-2H3,(H,18,19);1H. The van der Waals surface area contributed by atoms with Crippen LogP contribution in [0.4, 0.5) is 0 Å². The van der Waals surface area contributed by atoms with Crippen molar-refractivity contribution in [1.82, 2.24) is 10.6 Å². The lowest BCUT2D eigenvalue weighted by atomic mass is 10.1. The average molecular weight is 356 g/mol. The summed E-state index contributed by atoms with van der Waals surface area (Å²) in [7, 11) is 1.83. The number of hydrogen-bond donors (Lipinski definition) is 2. The van der Waals surface area contributed by atoms with E-state index in [1.807, 2.05) is 14.0 Å². The summed E-state index contributed by atoms with van der Waals surface area (Å²) in [6.45, 7) is 3.62. The summed E-state index contributed by atoms with van der Waals surface area (Å²) < 4.78 is 5.53. The van der Waals surface area contributed by atoms with Gasteiger partial charge in [-0.25, -0.2) is 0 Å². The van der Waals surface area contributed by atoms with E-state index in [4.69, 9.17) is 27.9 Å². The Morgan fingerprint density at radius 2 is 2.10 bits per heavy atom. The Hall–Kier alpha value is -0.680. The van der Waals surface area contributed by atoms with Crippen molar-refractivity contribution in [2.45, 2.75) is 13.3 Å². The van der Waals surface area contributed by atoms with Crippen LogP contribution in [0.15, 0.2) is 18.2 Å². The van der Waals surface area contributed by atoms with Crippen LogP contribution in [0.1, 0.15) is 13.3 Å². The molecule has 120 valence electrons. The zero-order chi connectivity index (χ0) is 15.0. The van der Waals surface area contributed by atoms with Crippen molar-refractivity contribution < 1.29 is 9.53 Å². The van der Waals surface area contributed by atoms with Gasteiger partial charge in [0.1, 0.15) is 5.75 Å². The molecule has 0 radical (unpaired) electrons. The molecule has 1 atom stereocenters. The lowest BCUT2D eigenvalue weighted by molar-refractivity contribution is -0.124. The molecule has 0 aliphatic heterocycles. The third kappa shape index (κ3) is 7.77. The van der Waals surface area contributed by atoms with Gasteiger partial charge in [-0.05, 0) is 31.7 Å². The molecule has 1 aromatic carbocycles. The summed E-state index contributed by atoms with van der Waals surface area (Å²) in [5, 5.41) is 6.90. The molecule has 4 nitrogen and oxygen atoms in total. The van der Waals surface area contributed by atoms with E-state index in [0.717, 1.165) is 6.42 Å². The average Bonchev–Trinajstić information content (AvgIpc) is 2.40. The second kappa shape index (κ2) is 11.0. The molecular formula is C14H21Cl3N2O2. The minimum absolute atomic E-state index is 0. The Morgan fingerprint density at radius 3 is 2.71 bits per heavy atom. The topological polar surface area (TPSA) is 50.4 Å². The quantitative estimate of drug-likeness (QED) is 0.704. The second-order valence-corrected chi connectivity index (χ2v) is 5.37. The molecule has 1 amide bonds. The van der Waals surface area contributed by atoms with Gasteiger partial charge in [-0.1, -0.05) is 30.1 Å². The molecule has 0 fully saturated rings. The molecule has 0 spiro atoms. The minimum Gasteiger partial charge on any atom is -0.492 e. The summed E-state index contributed by atoms with van der Waals surface area (Å²) >= 11 is 11.8. The fourth-order valence-electron chi connectivity index (χ4n) is 1.63. The molecule has 2 N–H and O–H groups in total. The monoisotopic (exact) mass is 354 g/mol. The summed E-state index contributed by atoms with van der Waals surface area (Å²) in [5.41, 5.74) is 0. The van der Waals surface area contributed by atoms with Crippen LogP contribution in [-0.4, -0.2) is 32.7 Å². The number of nitrogens with one attached hydrogen (secondary N) is 2. The first kappa shape index (κ1) is 20.3. The summed E-state index contributed by atoms with van der Waals surface area (Å²) in [6.07, 6.45) is 0.719. The number of ether oxygens (including phenoxy) is 1. The van der Waals surface area contributed by atoms with Gasteiger partial charge in [0.2, 0.25) is 5.91 Å². The predicted octanol–water partition coefficient (Wildman–Crippen LogP) is 3.16. The maximum atomic E-state index is 11.6. The molecule has 0 bridgehead atoms. The first-order valence-corrected chi connectivity index (χ1v) is 7.30. The van der Waals surface area contributed by atoms with Gasteiger partial charge in [0.25, 0.3) is 0 Å². The van der Waals surface area contributed by atoms with Crippen molar-refractivity contribution in [3.63, 3.8) is 0 Å². The van der Waals surface area contributed by atoms with Gasteiger partial charge < -0.3 is 15.4 Å². The fourth-order valence-corrected chi connectivity index (χ4v) is 2.09. The highest BCUT2D eigenvalue weighted by molar-refractivity contribution is 6.35. The first-order valence-electron chi connectivity index (χ1n) is 6.54. The van der Waals surface area contributed by atoms with E-state index < -0.39 is 0 Å². The maximum absolute atomic E-state index is 11.6. The molecule has 7 heteroatoms. The Morgan fingerprint density at radius 1 is 1.38 bits per heavy atom. The highest BCUT2D eigenvalue weighted by atomic mass is 35.5. The Kier molecular flexibility index (Phi) is 10.6. The van der Waals surface area contributed by atoms with Crippen molar-refractivity contribution in [1.29, 1.82) is 0 Å². The van der Waals surface area contributed by atoms with Crippen molar-refractivity contribution in [2.24, 2.45) is 5.92 Å². The lowest BCUT2D eigenvalue weighted by Crippen LogP contribution is -2.35. The van der Waals surface area contributed by atoms with Crippen LogP contribution in [0, 0.1) is 5.92 Å². The van der Waals surface area contributed by atoms with Crippen molar-refractivity contribution in [3.8, 4) is 5.75 Å². The largest absolute Gasteiger partial charge is 0.492 e. The molecule has 1 unspecified atom stereocenters. The van der Waals surface area contributed by atoms with Crippen LogP contribution >= 0.6 is 35.6 Å². The smallest absolute Gasteiger partial charge is 0.224 e. The zero-order valence-electron chi connectivity index (χ0n) is 12.1. The van der Waals surface area contributed by atoms with E-state index in [-0.39, 0.29) is 24.2 Å². The summed E-state index contributed by atoms with van der Waals surface area (Å²) in [4.78, 5) is 11.6. The van der Waals surface area contributed by atoms with Crippen LogP contribution in [0.5, 0.6) is 5.75 Å². The molecular weight excluding hydrogens is 335 g/mol. The normalized spacial score (nSPS) is 11.4. The molecule has 1 aromatic rings. The SMILES string of the molecule is CNCC(C)C(=O)NCCCOc1ccc(Cl)cc1Cl.Cl. The van der Waals surface area contributed by atoms with E-state index in [0.29, 0.717) is 35.5 Å². The predicted molar refractivity (Wildman–Crippen MR) is 89.9 cm³/mol. The van der Waals surface area contributed by atoms with Gasteiger partial charge in [0.05, 0.1) is 11.6 Å². The van der Waals surface area contributed by atoms with E-state index in [1.54, 1.807) is 18.2 Å². The van der Waals surface area contributed by atoms with Crippen LogP contribution in [0.25, 0.3) is 0 Å². The first-order chi connectivity index (χ1) is 9.54. The summed E-state index contributed by atoms with van der Waals surface area (Å²) in [6, 6.07) is 5.10. The molecule has 21 heavy (non-hydrogen) atoms. The summed E-state index contributed by atoms with van der Waals surface area (Å²) in [5.74, 6) is 0.612. The van der Waals surface area contributed by atoms with E-state index in [9.17, 15) is 4.79 Å². The molecule has 0 aliphatic carbocycles. The Labute approximate surface area is 141 Å². The van der Waals surface area contributed by atoms with Gasteiger partial charge in [0.15, 0.2) is 0 Å². The Bertz CT molecular complexity index is 444. The molecule has 0 saturated heterocycles. The zero-order valence-corrected chi connectivity index (χ0v) is 14.4. The molecule has 1 rings (SSSR count). The van der Waals surface area contributed by atoms with Gasteiger partial charge >= 0.3 is 0 Å². The van der Waals surface area contributed by atoms with E-state index >= 15 is 0 Å². The number of benzene rings is 1. The number of halogens is 3.